The third kappa shape index (κ3) is 11.8. The van der Waals surface area contributed by atoms with Crippen LogP contribution in [-0.2, 0) is 26.0 Å². The van der Waals surface area contributed by atoms with E-state index in [1.807, 2.05) is 26.8 Å². The number of rotatable bonds is 15. The summed E-state index contributed by atoms with van der Waals surface area (Å²) in [6, 6.07) is 8.84. The minimum atomic E-state index is -3.80. The van der Waals surface area contributed by atoms with Crippen molar-refractivity contribution in [2.24, 2.45) is 5.92 Å². The molecule has 2 rings (SSSR count). The number of aliphatic hydroxyl groups is 1. The van der Waals surface area contributed by atoms with Crippen molar-refractivity contribution in [2.75, 3.05) is 19.7 Å². The summed E-state index contributed by atoms with van der Waals surface area (Å²) in [5.41, 5.74) is 1.04. The predicted molar refractivity (Wildman–Crippen MR) is 159 cm³/mol. The van der Waals surface area contributed by atoms with Gasteiger partial charge in [-0.3, -0.25) is 9.78 Å². The first-order valence-corrected chi connectivity index (χ1v) is 15.5. The molecule has 0 aliphatic carbocycles. The van der Waals surface area contributed by atoms with Gasteiger partial charge in [0.15, 0.2) is 0 Å². The fraction of sp³-hybridized carbons (Fsp3) is 0.567. The molecule has 1 aromatic heterocycles. The van der Waals surface area contributed by atoms with Gasteiger partial charge in [-0.15, -0.1) is 0 Å². The minimum Gasteiger partial charge on any atom is -0.444 e. The fourth-order valence-electron chi connectivity index (χ4n) is 4.23. The molecule has 2 aromatic rings. The predicted octanol–water partition coefficient (Wildman–Crippen LogP) is 3.82. The Labute approximate surface area is 244 Å². The molecular weight excluding hydrogens is 544 g/mol. The number of benzene rings is 1. The second-order valence-corrected chi connectivity index (χ2v) is 13.6. The third-order valence-corrected chi connectivity index (χ3v) is 8.16. The average molecular weight is 591 g/mol. The molecule has 0 unspecified atom stereocenters. The Hall–Kier alpha value is -3.02. The zero-order valence-corrected chi connectivity index (χ0v) is 25.9. The molecule has 11 heteroatoms. The molecule has 0 radical (unpaired) electrons. The van der Waals surface area contributed by atoms with Crippen molar-refractivity contribution in [2.45, 2.75) is 89.8 Å². The van der Waals surface area contributed by atoms with Crippen molar-refractivity contribution in [3.63, 3.8) is 0 Å². The third-order valence-electron chi connectivity index (χ3n) is 6.22. The van der Waals surface area contributed by atoms with Gasteiger partial charge >= 0.3 is 6.09 Å². The first-order chi connectivity index (χ1) is 19.2. The maximum absolute atomic E-state index is 13.5. The van der Waals surface area contributed by atoms with Crippen LogP contribution in [0.5, 0.6) is 0 Å². The number of amides is 2. The first-order valence-electron chi connectivity index (χ1n) is 14.1. The number of pyridine rings is 1. The zero-order valence-electron chi connectivity index (χ0n) is 25.1. The van der Waals surface area contributed by atoms with Crippen LogP contribution in [0.15, 0.2) is 53.7 Å². The van der Waals surface area contributed by atoms with Crippen LogP contribution in [0.4, 0.5) is 4.79 Å². The van der Waals surface area contributed by atoms with Crippen LogP contribution in [0.25, 0.3) is 0 Å². The topological polar surface area (TPSA) is 138 Å². The molecule has 10 nitrogen and oxygen atoms in total. The molecule has 1 aromatic carbocycles. The SMILES string of the molecule is Cc1ccc(S(=O)(=O)N(CC(C)C)[C@H](CO)CCCCNC(=O)[C@H](Cc2cccnc2)NC(=O)OC(C)(C)C)cc1. The Morgan fingerprint density at radius 2 is 1.78 bits per heavy atom. The van der Waals surface area contributed by atoms with E-state index in [0.29, 0.717) is 25.8 Å². The molecule has 2 atom stereocenters. The number of hydrogen-bond donors (Lipinski definition) is 3. The van der Waals surface area contributed by atoms with E-state index in [0.717, 1.165) is 11.1 Å². The first kappa shape index (κ1) is 34.2. The minimum absolute atomic E-state index is 0.0674. The van der Waals surface area contributed by atoms with E-state index in [9.17, 15) is 23.1 Å². The lowest BCUT2D eigenvalue weighted by molar-refractivity contribution is -0.123. The van der Waals surface area contributed by atoms with Crippen LogP contribution >= 0.6 is 0 Å². The number of carbonyl (C=O) groups excluding carboxylic acids is 2. The lowest BCUT2D eigenvalue weighted by Crippen LogP contribution is -2.49. The lowest BCUT2D eigenvalue weighted by Gasteiger charge is -2.31. The Morgan fingerprint density at radius 3 is 2.34 bits per heavy atom. The van der Waals surface area contributed by atoms with Gasteiger partial charge in [0.2, 0.25) is 15.9 Å². The van der Waals surface area contributed by atoms with Crippen molar-refractivity contribution in [3.05, 3.63) is 59.9 Å². The lowest BCUT2D eigenvalue weighted by atomic mass is 10.1. The number of unbranched alkanes of at least 4 members (excludes halogenated alkanes) is 1. The number of hydrogen-bond acceptors (Lipinski definition) is 7. The van der Waals surface area contributed by atoms with Gasteiger partial charge in [0.1, 0.15) is 11.6 Å². The van der Waals surface area contributed by atoms with Gasteiger partial charge < -0.3 is 20.5 Å². The molecule has 0 fully saturated rings. The quantitative estimate of drug-likeness (QED) is 0.268. The molecule has 41 heavy (non-hydrogen) atoms. The molecule has 0 saturated carbocycles. The van der Waals surface area contributed by atoms with Crippen molar-refractivity contribution in [3.8, 4) is 0 Å². The molecule has 0 spiro atoms. The highest BCUT2D eigenvalue weighted by Crippen LogP contribution is 2.23. The van der Waals surface area contributed by atoms with Crippen LogP contribution in [-0.4, -0.2) is 72.2 Å². The average Bonchev–Trinajstić information content (AvgIpc) is 2.89. The number of sulfonamides is 1. The molecule has 1 heterocycles. The number of ether oxygens (including phenoxy) is 1. The van der Waals surface area contributed by atoms with E-state index in [-0.39, 0.29) is 36.3 Å². The van der Waals surface area contributed by atoms with Gasteiger partial charge in [-0.2, -0.15) is 4.31 Å². The van der Waals surface area contributed by atoms with E-state index in [1.54, 1.807) is 63.5 Å². The van der Waals surface area contributed by atoms with E-state index in [4.69, 9.17) is 4.74 Å². The number of aromatic nitrogens is 1. The smallest absolute Gasteiger partial charge is 0.408 e. The van der Waals surface area contributed by atoms with Gasteiger partial charge in [0, 0.05) is 37.9 Å². The van der Waals surface area contributed by atoms with Gasteiger partial charge in [-0.05, 0) is 70.2 Å². The summed E-state index contributed by atoms with van der Waals surface area (Å²) in [6.07, 6.45) is 4.40. The summed E-state index contributed by atoms with van der Waals surface area (Å²) < 4.78 is 33.7. The highest BCUT2D eigenvalue weighted by molar-refractivity contribution is 7.89. The van der Waals surface area contributed by atoms with Crippen LogP contribution in [0, 0.1) is 12.8 Å². The number of aryl methyl sites for hydroxylation is 1. The number of carbonyl (C=O) groups is 2. The van der Waals surface area contributed by atoms with Crippen molar-refractivity contribution >= 4 is 22.0 Å². The van der Waals surface area contributed by atoms with Crippen LogP contribution in [0.2, 0.25) is 0 Å². The van der Waals surface area contributed by atoms with E-state index >= 15 is 0 Å². The van der Waals surface area contributed by atoms with Gasteiger partial charge in [-0.25, -0.2) is 13.2 Å². The summed E-state index contributed by atoms with van der Waals surface area (Å²) >= 11 is 0. The normalized spacial score (nSPS) is 13.6. The van der Waals surface area contributed by atoms with Crippen LogP contribution < -0.4 is 10.6 Å². The number of aliphatic hydroxyl groups excluding tert-OH is 1. The molecule has 228 valence electrons. The molecule has 0 bridgehead atoms. The summed E-state index contributed by atoms with van der Waals surface area (Å²) in [4.78, 5) is 29.7. The highest BCUT2D eigenvalue weighted by Gasteiger charge is 2.31. The van der Waals surface area contributed by atoms with Crippen molar-refractivity contribution in [1.29, 1.82) is 0 Å². The fourth-order valence-corrected chi connectivity index (χ4v) is 6.04. The summed E-state index contributed by atoms with van der Waals surface area (Å²) in [5.74, 6) is -0.292. The van der Waals surface area contributed by atoms with E-state index in [1.165, 1.54) is 4.31 Å². The Morgan fingerprint density at radius 1 is 1.10 bits per heavy atom. The van der Waals surface area contributed by atoms with Crippen molar-refractivity contribution in [1.82, 2.24) is 19.9 Å². The summed E-state index contributed by atoms with van der Waals surface area (Å²) in [6.45, 7) is 11.3. The second-order valence-electron chi connectivity index (χ2n) is 11.7. The maximum Gasteiger partial charge on any atom is 0.408 e. The van der Waals surface area contributed by atoms with E-state index < -0.39 is 33.8 Å². The molecule has 2 amide bonds. The zero-order chi connectivity index (χ0) is 30.6. The standard InChI is InChI=1S/C30H46N4O6S/c1-22(2)20-34(41(38,39)26-14-12-23(3)13-15-26)25(21-35)11-7-8-17-32-28(36)27(18-24-10-9-16-31-19-24)33-29(37)40-30(4,5)6/h9-10,12-16,19,22,25,27,35H,7-8,11,17-18,20-21H2,1-6H3,(H,32,36)(H,33,37)/t25-,27-/m0/s1. The number of alkyl carbamates (subject to hydrolysis) is 1. The summed E-state index contributed by atoms with van der Waals surface area (Å²) in [7, 11) is -3.80. The van der Waals surface area contributed by atoms with Gasteiger partial charge in [0.05, 0.1) is 11.5 Å². The van der Waals surface area contributed by atoms with Crippen LogP contribution in [0.3, 0.4) is 0 Å². The van der Waals surface area contributed by atoms with Gasteiger partial charge in [-0.1, -0.05) is 44.0 Å². The Balaban J connectivity index is 2.00. The Kier molecular flexibility index (Phi) is 13.2. The monoisotopic (exact) mass is 590 g/mol. The molecule has 0 aliphatic rings. The molecule has 0 aliphatic heterocycles. The number of nitrogens with one attached hydrogen (secondary N) is 2. The molecular formula is C30H46N4O6S. The number of nitrogens with zero attached hydrogens (tertiary/aromatic N) is 2. The van der Waals surface area contributed by atoms with E-state index in [2.05, 4.69) is 15.6 Å². The molecule has 3 N–H and O–H groups in total. The highest BCUT2D eigenvalue weighted by atomic mass is 32.2. The molecule has 0 saturated heterocycles. The van der Waals surface area contributed by atoms with Crippen molar-refractivity contribution < 1.29 is 27.9 Å². The van der Waals surface area contributed by atoms with Crippen LogP contribution in [0.1, 0.15) is 65.0 Å². The second kappa shape index (κ2) is 15.8. The maximum atomic E-state index is 13.5. The largest absolute Gasteiger partial charge is 0.444 e. The Bertz CT molecular complexity index is 1200. The van der Waals surface area contributed by atoms with Gasteiger partial charge in [0.25, 0.3) is 0 Å². The summed E-state index contributed by atoms with van der Waals surface area (Å²) in [5, 5.41) is 15.7.